The van der Waals surface area contributed by atoms with E-state index in [-0.39, 0.29) is 6.61 Å². The van der Waals surface area contributed by atoms with Crippen LogP contribution in [0.5, 0.6) is 5.75 Å². The van der Waals surface area contributed by atoms with Gasteiger partial charge in [-0.25, -0.2) is 4.79 Å². The molecule has 2 aromatic carbocycles. The zero-order chi connectivity index (χ0) is 23.8. The van der Waals surface area contributed by atoms with E-state index < -0.39 is 18.5 Å². The van der Waals surface area contributed by atoms with E-state index in [1.165, 1.54) is 0 Å². The summed E-state index contributed by atoms with van der Waals surface area (Å²) < 4.78 is 12.1. The summed E-state index contributed by atoms with van der Waals surface area (Å²) in [5.41, 5.74) is 3.49. The number of ether oxygens (including phenoxy) is 2. The third kappa shape index (κ3) is 5.78. The minimum atomic E-state index is -0.720. The van der Waals surface area contributed by atoms with E-state index in [4.69, 9.17) is 14.7 Å². The van der Waals surface area contributed by atoms with Gasteiger partial charge in [-0.15, -0.1) is 0 Å². The highest BCUT2D eigenvalue weighted by Gasteiger charge is 2.20. The third-order valence-electron chi connectivity index (χ3n) is 5.09. The highest BCUT2D eigenvalue weighted by atomic mass is 16.6. The Kier molecular flexibility index (Phi) is 7.46. The molecule has 0 unspecified atom stereocenters. The minimum absolute atomic E-state index is 0.367. The Labute approximate surface area is 191 Å². The first-order valence-electron chi connectivity index (χ1n) is 10.1. The number of carbonyl (C=O) groups excluding carboxylic acids is 2. The van der Waals surface area contributed by atoms with Crippen molar-refractivity contribution < 1.29 is 19.1 Å². The standard InChI is InChI=1S/C25H22N4O4/c1-17-18(2)29(14-20-6-4-3-5-7-20)25(22(17)13-27)28-23(30)15-33-24(31)16-32-21-10-8-19(12-26)9-11-21/h3-11H,14-16H2,1-2H3,(H,28,30). The Morgan fingerprint density at radius 3 is 2.30 bits per heavy atom. The molecule has 0 atom stereocenters. The van der Waals surface area contributed by atoms with Gasteiger partial charge in [-0.2, -0.15) is 10.5 Å². The zero-order valence-electron chi connectivity index (χ0n) is 18.3. The molecule has 1 N–H and O–H groups in total. The van der Waals surface area contributed by atoms with Gasteiger partial charge < -0.3 is 19.4 Å². The van der Waals surface area contributed by atoms with Crippen molar-refractivity contribution in [1.82, 2.24) is 4.57 Å². The fourth-order valence-electron chi connectivity index (χ4n) is 3.22. The van der Waals surface area contributed by atoms with Gasteiger partial charge in [-0.1, -0.05) is 30.3 Å². The minimum Gasteiger partial charge on any atom is -0.482 e. The topological polar surface area (TPSA) is 117 Å². The predicted octanol–water partition coefficient (Wildman–Crippen LogP) is 3.46. The molecule has 0 aliphatic heterocycles. The number of benzene rings is 2. The number of nitrogens with one attached hydrogen (secondary N) is 1. The van der Waals surface area contributed by atoms with Gasteiger partial charge in [0.2, 0.25) is 0 Å². The van der Waals surface area contributed by atoms with E-state index in [0.717, 1.165) is 16.8 Å². The first-order valence-corrected chi connectivity index (χ1v) is 10.1. The zero-order valence-corrected chi connectivity index (χ0v) is 18.3. The van der Waals surface area contributed by atoms with Gasteiger partial charge in [0.25, 0.3) is 5.91 Å². The van der Waals surface area contributed by atoms with Gasteiger partial charge in [-0.05, 0) is 49.2 Å². The van der Waals surface area contributed by atoms with Crippen molar-refractivity contribution in [2.45, 2.75) is 20.4 Å². The van der Waals surface area contributed by atoms with Gasteiger partial charge in [0, 0.05) is 12.2 Å². The number of amides is 1. The molecule has 1 heterocycles. The summed E-state index contributed by atoms with van der Waals surface area (Å²) in [6.45, 7) is 3.28. The molecule has 0 bridgehead atoms. The van der Waals surface area contributed by atoms with E-state index in [9.17, 15) is 14.9 Å². The van der Waals surface area contributed by atoms with Crippen LogP contribution in [-0.4, -0.2) is 29.7 Å². The SMILES string of the molecule is Cc1c(C#N)c(NC(=O)COC(=O)COc2ccc(C#N)cc2)n(Cc2ccccc2)c1C. The van der Waals surface area contributed by atoms with Crippen molar-refractivity contribution in [2.75, 3.05) is 18.5 Å². The molecule has 3 aromatic rings. The number of hydrogen-bond donors (Lipinski definition) is 1. The smallest absolute Gasteiger partial charge is 0.344 e. The second kappa shape index (κ2) is 10.7. The summed E-state index contributed by atoms with van der Waals surface area (Å²) in [5, 5.41) is 21.1. The number of carbonyl (C=O) groups is 2. The van der Waals surface area contributed by atoms with Crippen LogP contribution in [0.4, 0.5) is 5.82 Å². The normalized spacial score (nSPS) is 10.1. The second-order valence-electron chi connectivity index (χ2n) is 7.25. The van der Waals surface area contributed by atoms with Crippen LogP contribution in [0.3, 0.4) is 0 Å². The lowest BCUT2D eigenvalue weighted by atomic mass is 10.2. The Balaban J connectivity index is 1.61. The number of anilines is 1. The molecule has 3 rings (SSSR count). The fraction of sp³-hybridized carbons (Fsp3) is 0.200. The quantitative estimate of drug-likeness (QED) is 0.534. The summed E-state index contributed by atoms with van der Waals surface area (Å²) in [7, 11) is 0. The highest BCUT2D eigenvalue weighted by Crippen LogP contribution is 2.27. The summed E-state index contributed by atoms with van der Waals surface area (Å²) in [4.78, 5) is 24.4. The average molecular weight is 442 g/mol. The molecule has 0 saturated heterocycles. The van der Waals surface area contributed by atoms with E-state index >= 15 is 0 Å². The van der Waals surface area contributed by atoms with Crippen molar-refractivity contribution in [3.63, 3.8) is 0 Å². The van der Waals surface area contributed by atoms with Crippen LogP contribution in [0.15, 0.2) is 54.6 Å². The third-order valence-corrected chi connectivity index (χ3v) is 5.09. The van der Waals surface area contributed by atoms with Crippen LogP contribution < -0.4 is 10.1 Å². The highest BCUT2D eigenvalue weighted by molar-refractivity contribution is 5.93. The number of nitriles is 2. The van der Waals surface area contributed by atoms with E-state index in [1.54, 1.807) is 24.3 Å². The van der Waals surface area contributed by atoms with Gasteiger partial charge in [0.1, 0.15) is 17.6 Å². The van der Waals surface area contributed by atoms with Crippen molar-refractivity contribution in [1.29, 1.82) is 10.5 Å². The molecule has 0 aliphatic carbocycles. The van der Waals surface area contributed by atoms with Crippen molar-refractivity contribution >= 4 is 17.7 Å². The summed E-state index contributed by atoms with van der Waals surface area (Å²) in [6, 6.07) is 20.1. The molecular weight excluding hydrogens is 420 g/mol. The van der Waals surface area contributed by atoms with Crippen LogP contribution in [0.25, 0.3) is 0 Å². The van der Waals surface area contributed by atoms with Gasteiger partial charge in [0.05, 0.1) is 17.2 Å². The van der Waals surface area contributed by atoms with Crippen molar-refractivity contribution in [3.05, 3.63) is 82.5 Å². The first kappa shape index (κ1) is 23.1. The maximum absolute atomic E-state index is 12.5. The van der Waals surface area contributed by atoms with Gasteiger partial charge in [0.15, 0.2) is 13.2 Å². The molecule has 0 aliphatic rings. The first-order chi connectivity index (χ1) is 15.9. The van der Waals surface area contributed by atoms with Crippen LogP contribution in [0, 0.1) is 36.5 Å². The number of hydrogen-bond acceptors (Lipinski definition) is 6. The van der Waals surface area contributed by atoms with E-state index in [1.807, 2.05) is 54.8 Å². The number of aromatic nitrogens is 1. The van der Waals surface area contributed by atoms with Gasteiger partial charge >= 0.3 is 5.97 Å². The number of rotatable bonds is 8. The van der Waals surface area contributed by atoms with Crippen LogP contribution in [0.1, 0.15) is 27.9 Å². The molecule has 33 heavy (non-hydrogen) atoms. The lowest BCUT2D eigenvalue weighted by Gasteiger charge is -2.13. The number of nitrogens with zero attached hydrogens (tertiary/aromatic N) is 3. The molecule has 1 amide bonds. The molecular formula is C25H22N4O4. The molecule has 8 heteroatoms. The van der Waals surface area contributed by atoms with Crippen LogP contribution >= 0.6 is 0 Å². The maximum atomic E-state index is 12.5. The second-order valence-corrected chi connectivity index (χ2v) is 7.25. The molecule has 8 nitrogen and oxygen atoms in total. The summed E-state index contributed by atoms with van der Waals surface area (Å²) in [5.74, 6) is -0.517. The average Bonchev–Trinajstić information content (AvgIpc) is 3.06. The van der Waals surface area contributed by atoms with E-state index in [0.29, 0.717) is 29.2 Å². The molecule has 1 aromatic heterocycles. The molecule has 0 radical (unpaired) electrons. The van der Waals surface area contributed by atoms with Crippen LogP contribution in [0.2, 0.25) is 0 Å². The summed E-state index contributed by atoms with van der Waals surface area (Å²) in [6.07, 6.45) is 0. The molecule has 0 fully saturated rings. The van der Waals surface area contributed by atoms with Crippen LogP contribution in [-0.2, 0) is 20.9 Å². The lowest BCUT2D eigenvalue weighted by molar-refractivity contribution is -0.149. The summed E-state index contributed by atoms with van der Waals surface area (Å²) >= 11 is 0. The lowest BCUT2D eigenvalue weighted by Crippen LogP contribution is -2.25. The van der Waals surface area contributed by atoms with Crippen molar-refractivity contribution in [3.8, 4) is 17.9 Å². The number of esters is 1. The molecule has 0 spiro atoms. The molecule has 0 saturated carbocycles. The Bertz CT molecular complexity index is 1230. The largest absolute Gasteiger partial charge is 0.482 e. The van der Waals surface area contributed by atoms with Crippen molar-refractivity contribution in [2.24, 2.45) is 0 Å². The predicted molar refractivity (Wildman–Crippen MR) is 120 cm³/mol. The monoisotopic (exact) mass is 442 g/mol. The van der Waals surface area contributed by atoms with E-state index in [2.05, 4.69) is 11.4 Å². The Hall–Kier alpha value is -4.56. The molecule has 166 valence electrons. The Morgan fingerprint density at radius 1 is 0.970 bits per heavy atom. The maximum Gasteiger partial charge on any atom is 0.344 e. The fourth-order valence-corrected chi connectivity index (χ4v) is 3.22. The Morgan fingerprint density at radius 2 is 1.67 bits per heavy atom. The van der Waals surface area contributed by atoms with Gasteiger partial charge in [-0.3, -0.25) is 4.79 Å².